The lowest BCUT2D eigenvalue weighted by Gasteiger charge is -2.38. The summed E-state index contributed by atoms with van der Waals surface area (Å²) in [5, 5.41) is 0. The van der Waals surface area contributed by atoms with E-state index < -0.39 is 31.2 Å². The molecule has 0 saturated heterocycles. The maximum absolute atomic E-state index is 12.2. The van der Waals surface area contributed by atoms with E-state index in [4.69, 9.17) is 5.73 Å². The van der Waals surface area contributed by atoms with Gasteiger partial charge < -0.3 is 5.73 Å². The number of sulfone groups is 1. The number of hydrogen-bond acceptors (Lipinski definition) is 5. The molecule has 110 valence electrons. The quantitative estimate of drug-likeness (QED) is 0.670. The predicted molar refractivity (Wildman–Crippen MR) is 73.6 cm³/mol. The minimum Gasteiger partial charge on any atom is -0.329 e. The van der Waals surface area contributed by atoms with Gasteiger partial charge in [0.1, 0.15) is 9.84 Å². The molecule has 1 atom stereocenters. The van der Waals surface area contributed by atoms with Crippen molar-refractivity contribution in [3.63, 3.8) is 0 Å². The number of hydrogen-bond donors (Lipinski definition) is 1. The molecule has 0 heterocycles. The van der Waals surface area contributed by atoms with Crippen molar-refractivity contribution in [2.24, 2.45) is 5.73 Å². The largest absolute Gasteiger partial charge is 0.329 e. The second-order valence-electron chi connectivity index (χ2n) is 4.67. The number of likely N-dealkylation sites (N-methyl/N-ethyl adjacent to an activating group) is 1. The zero-order valence-electron chi connectivity index (χ0n) is 11.5. The van der Waals surface area contributed by atoms with Gasteiger partial charge in [0.2, 0.25) is 10.0 Å². The summed E-state index contributed by atoms with van der Waals surface area (Å²) in [7, 11) is -6.91. The van der Waals surface area contributed by atoms with Crippen LogP contribution in [0.2, 0.25) is 0 Å². The highest BCUT2D eigenvalue weighted by molar-refractivity contribution is 7.93. The SMILES string of the molecule is CCN(C(C)(CC)CN)S(=O)(=O)CCS(C)(=O)=O. The van der Waals surface area contributed by atoms with Gasteiger partial charge in [-0.3, -0.25) is 0 Å². The third-order valence-corrected chi connectivity index (χ3v) is 6.43. The number of sulfonamides is 1. The van der Waals surface area contributed by atoms with Gasteiger partial charge >= 0.3 is 0 Å². The van der Waals surface area contributed by atoms with Crippen LogP contribution >= 0.6 is 0 Å². The molecule has 0 aliphatic rings. The normalized spacial score (nSPS) is 16.8. The summed E-state index contributed by atoms with van der Waals surface area (Å²) in [4.78, 5) is 0. The van der Waals surface area contributed by atoms with E-state index in [1.165, 1.54) is 4.31 Å². The summed E-state index contributed by atoms with van der Waals surface area (Å²) in [6.45, 7) is 5.85. The Balaban J connectivity index is 5.17. The Morgan fingerprint density at radius 3 is 1.89 bits per heavy atom. The highest BCUT2D eigenvalue weighted by atomic mass is 32.2. The average molecular weight is 300 g/mol. The molecule has 0 amide bonds. The molecule has 0 radical (unpaired) electrons. The van der Waals surface area contributed by atoms with Crippen LogP contribution < -0.4 is 5.73 Å². The molecule has 6 nitrogen and oxygen atoms in total. The van der Waals surface area contributed by atoms with Crippen molar-refractivity contribution in [2.75, 3.05) is 30.9 Å². The van der Waals surface area contributed by atoms with Crippen LogP contribution in [0.25, 0.3) is 0 Å². The van der Waals surface area contributed by atoms with Crippen LogP contribution in [0.1, 0.15) is 27.2 Å². The Labute approximate surface area is 111 Å². The van der Waals surface area contributed by atoms with E-state index >= 15 is 0 Å². The number of nitrogens with zero attached hydrogens (tertiary/aromatic N) is 1. The van der Waals surface area contributed by atoms with Gasteiger partial charge in [0.25, 0.3) is 0 Å². The third-order valence-electron chi connectivity index (χ3n) is 3.14. The maximum Gasteiger partial charge on any atom is 0.215 e. The number of rotatable bonds is 8. The fraction of sp³-hybridized carbons (Fsp3) is 1.00. The lowest BCUT2D eigenvalue weighted by Crippen LogP contribution is -2.54. The van der Waals surface area contributed by atoms with Gasteiger partial charge in [-0.25, -0.2) is 16.8 Å². The van der Waals surface area contributed by atoms with Gasteiger partial charge in [0.05, 0.1) is 11.5 Å². The molecule has 0 aliphatic heterocycles. The van der Waals surface area contributed by atoms with E-state index in [9.17, 15) is 16.8 Å². The Morgan fingerprint density at radius 2 is 1.61 bits per heavy atom. The van der Waals surface area contributed by atoms with Crippen LogP contribution in [0, 0.1) is 0 Å². The van der Waals surface area contributed by atoms with Crippen molar-refractivity contribution in [3.8, 4) is 0 Å². The fourth-order valence-corrected chi connectivity index (χ4v) is 5.25. The van der Waals surface area contributed by atoms with Crippen LogP contribution in [-0.2, 0) is 19.9 Å². The molecule has 0 fully saturated rings. The summed E-state index contributed by atoms with van der Waals surface area (Å²) in [6, 6.07) is 0. The second kappa shape index (κ2) is 6.31. The standard InChI is InChI=1S/C10H24N2O4S2/c1-5-10(3,9-11)12(6-2)18(15,16)8-7-17(4,13)14/h5-9,11H2,1-4H3. The predicted octanol–water partition coefficient (Wildman–Crippen LogP) is -0.190. The van der Waals surface area contributed by atoms with Gasteiger partial charge in [0, 0.05) is 24.9 Å². The van der Waals surface area contributed by atoms with Crippen LogP contribution in [0.15, 0.2) is 0 Å². The van der Waals surface area contributed by atoms with E-state index in [1.807, 2.05) is 6.92 Å². The minimum atomic E-state index is -3.61. The molecule has 0 rings (SSSR count). The van der Waals surface area contributed by atoms with Gasteiger partial charge in [-0.05, 0) is 13.3 Å². The van der Waals surface area contributed by atoms with E-state index in [-0.39, 0.29) is 18.8 Å². The molecule has 0 aromatic rings. The molecule has 0 bridgehead atoms. The van der Waals surface area contributed by atoms with Crippen molar-refractivity contribution in [2.45, 2.75) is 32.7 Å². The summed E-state index contributed by atoms with van der Waals surface area (Å²) in [5.74, 6) is -0.758. The van der Waals surface area contributed by atoms with Gasteiger partial charge in [0.15, 0.2) is 0 Å². The summed E-state index contributed by atoms with van der Waals surface area (Å²) < 4.78 is 47.8. The maximum atomic E-state index is 12.2. The van der Waals surface area contributed by atoms with Crippen molar-refractivity contribution in [1.82, 2.24) is 4.31 Å². The molecule has 1 unspecified atom stereocenters. The van der Waals surface area contributed by atoms with Crippen molar-refractivity contribution >= 4 is 19.9 Å². The molecular weight excluding hydrogens is 276 g/mol. The summed E-state index contributed by atoms with van der Waals surface area (Å²) >= 11 is 0. The molecule has 0 aromatic carbocycles. The van der Waals surface area contributed by atoms with Crippen LogP contribution in [-0.4, -0.2) is 57.5 Å². The lowest BCUT2D eigenvalue weighted by molar-refractivity contribution is 0.214. The highest BCUT2D eigenvalue weighted by Gasteiger charge is 2.36. The second-order valence-corrected chi connectivity index (χ2v) is 8.94. The molecule has 0 saturated carbocycles. The molecule has 0 aromatic heterocycles. The van der Waals surface area contributed by atoms with E-state index in [2.05, 4.69) is 0 Å². The van der Waals surface area contributed by atoms with Gasteiger partial charge in [-0.15, -0.1) is 0 Å². The first-order valence-corrected chi connectivity index (χ1v) is 9.57. The van der Waals surface area contributed by atoms with Crippen molar-refractivity contribution in [1.29, 1.82) is 0 Å². The number of nitrogens with two attached hydrogens (primary N) is 1. The summed E-state index contributed by atoms with van der Waals surface area (Å²) in [5.41, 5.74) is 4.99. The Hall–Kier alpha value is -0.180. The van der Waals surface area contributed by atoms with E-state index in [1.54, 1.807) is 13.8 Å². The molecule has 2 N–H and O–H groups in total. The minimum absolute atomic E-state index is 0.204. The van der Waals surface area contributed by atoms with Crippen molar-refractivity contribution < 1.29 is 16.8 Å². The van der Waals surface area contributed by atoms with Gasteiger partial charge in [-0.1, -0.05) is 13.8 Å². The first-order valence-electron chi connectivity index (χ1n) is 5.90. The van der Waals surface area contributed by atoms with Crippen LogP contribution in [0.4, 0.5) is 0 Å². The first-order chi connectivity index (χ1) is 8.02. The Kier molecular flexibility index (Phi) is 6.25. The van der Waals surface area contributed by atoms with E-state index in [0.29, 0.717) is 6.42 Å². The topological polar surface area (TPSA) is 97.5 Å². The molecule has 8 heteroatoms. The highest BCUT2D eigenvalue weighted by Crippen LogP contribution is 2.22. The fourth-order valence-electron chi connectivity index (χ4n) is 1.70. The average Bonchev–Trinajstić information content (AvgIpc) is 2.26. The van der Waals surface area contributed by atoms with Gasteiger partial charge in [-0.2, -0.15) is 4.31 Å². The first kappa shape index (κ1) is 17.8. The molecular formula is C10H24N2O4S2. The Morgan fingerprint density at radius 1 is 1.11 bits per heavy atom. The molecule has 0 aliphatic carbocycles. The smallest absolute Gasteiger partial charge is 0.215 e. The zero-order chi connectivity index (χ0) is 14.6. The van der Waals surface area contributed by atoms with E-state index in [0.717, 1.165) is 6.26 Å². The third kappa shape index (κ3) is 4.83. The van der Waals surface area contributed by atoms with Crippen LogP contribution in [0.3, 0.4) is 0 Å². The summed E-state index contributed by atoms with van der Waals surface area (Å²) in [6.07, 6.45) is 1.61. The van der Waals surface area contributed by atoms with Crippen LogP contribution in [0.5, 0.6) is 0 Å². The molecule has 0 spiro atoms. The zero-order valence-corrected chi connectivity index (χ0v) is 13.1. The monoisotopic (exact) mass is 300 g/mol. The Bertz CT molecular complexity index is 452. The molecule has 18 heavy (non-hydrogen) atoms. The van der Waals surface area contributed by atoms with Crippen molar-refractivity contribution in [3.05, 3.63) is 0 Å². The lowest BCUT2D eigenvalue weighted by atomic mass is 9.99.